The molecule has 0 bridgehead atoms. The van der Waals surface area contributed by atoms with Crippen LogP contribution >= 0.6 is 11.6 Å². The Morgan fingerprint density at radius 2 is 1.75 bits per heavy atom. The molecule has 1 aromatic carbocycles. The van der Waals surface area contributed by atoms with E-state index in [1.807, 2.05) is 45.9 Å². The number of hydrogen-bond acceptors (Lipinski definition) is 3. The first-order valence-corrected chi connectivity index (χ1v) is 6.87. The molecule has 1 fully saturated rings. The highest BCUT2D eigenvalue weighted by Gasteiger charge is 2.51. The van der Waals surface area contributed by atoms with Crippen molar-refractivity contribution in [1.29, 1.82) is 0 Å². The number of nitrogens with zero attached hydrogens (tertiary/aromatic N) is 1. The molecule has 0 saturated carbocycles. The van der Waals surface area contributed by atoms with Crippen LogP contribution in [0.2, 0.25) is 0 Å². The van der Waals surface area contributed by atoms with Gasteiger partial charge in [-0.05, 0) is 45.9 Å². The van der Waals surface area contributed by atoms with Gasteiger partial charge in [0.05, 0.1) is 16.9 Å². The van der Waals surface area contributed by atoms with E-state index in [4.69, 9.17) is 20.9 Å². The summed E-state index contributed by atoms with van der Waals surface area (Å²) in [6, 6.07) is 5.65. The van der Waals surface area contributed by atoms with Crippen molar-refractivity contribution in [2.75, 3.05) is 0 Å². The number of hydrogen-bond donors (Lipinski definition) is 0. The summed E-state index contributed by atoms with van der Waals surface area (Å²) in [6.07, 6.45) is 0. The van der Waals surface area contributed by atoms with Crippen molar-refractivity contribution in [2.45, 2.75) is 38.9 Å². The van der Waals surface area contributed by atoms with Crippen LogP contribution in [0, 0.1) is 0 Å². The molecular formula is C15H19BClNO2. The SMILES string of the molecule is C=Nc1ccc(B2OC(C)(C)C(C)(C)O2)cc1C(=C)Cl. The minimum atomic E-state index is -0.423. The zero-order valence-electron chi connectivity index (χ0n) is 12.4. The highest BCUT2D eigenvalue weighted by molar-refractivity contribution is 6.62. The summed E-state index contributed by atoms with van der Waals surface area (Å²) in [6.45, 7) is 15.4. The van der Waals surface area contributed by atoms with E-state index in [0.29, 0.717) is 10.7 Å². The Kier molecular flexibility index (Phi) is 3.84. The van der Waals surface area contributed by atoms with E-state index in [1.165, 1.54) is 0 Å². The molecule has 1 aromatic rings. The van der Waals surface area contributed by atoms with Crippen LogP contribution in [0.3, 0.4) is 0 Å². The molecule has 1 aliphatic rings. The minimum Gasteiger partial charge on any atom is -0.399 e. The smallest absolute Gasteiger partial charge is 0.399 e. The molecule has 0 radical (unpaired) electrons. The molecule has 1 aliphatic heterocycles. The molecule has 0 N–H and O–H groups in total. The minimum absolute atomic E-state index is 0.370. The van der Waals surface area contributed by atoms with Gasteiger partial charge >= 0.3 is 7.12 Å². The second-order valence-electron chi connectivity index (χ2n) is 5.93. The van der Waals surface area contributed by atoms with E-state index in [1.54, 1.807) is 0 Å². The van der Waals surface area contributed by atoms with Crippen LogP contribution < -0.4 is 5.46 Å². The van der Waals surface area contributed by atoms with E-state index >= 15 is 0 Å². The third-order valence-electron chi connectivity index (χ3n) is 4.01. The van der Waals surface area contributed by atoms with Crippen molar-refractivity contribution in [3.05, 3.63) is 30.3 Å². The van der Waals surface area contributed by atoms with Crippen LogP contribution in [0.1, 0.15) is 33.3 Å². The third kappa shape index (κ3) is 2.56. The monoisotopic (exact) mass is 291 g/mol. The summed E-state index contributed by atoms with van der Waals surface area (Å²) in [5, 5.41) is 0.422. The Hall–Kier alpha value is -1.10. The summed E-state index contributed by atoms with van der Waals surface area (Å²) >= 11 is 6.01. The molecule has 3 nitrogen and oxygen atoms in total. The summed E-state index contributed by atoms with van der Waals surface area (Å²) in [4.78, 5) is 3.94. The van der Waals surface area contributed by atoms with Crippen molar-refractivity contribution < 1.29 is 9.31 Å². The molecule has 1 heterocycles. The maximum absolute atomic E-state index is 6.02. The average Bonchev–Trinajstić information content (AvgIpc) is 2.57. The van der Waals surface area contributed by atoms with Gasteiger partial charge in [-0.1, -0.05) is 30.3 Å². The molecular weight excluding hydrogens is 272 g/mol. The van der Waals surface area contributed by atoms with E-state index in [9.17, 15) is 0 Å². The summed E-state index contributed by atoms with van der Waals surface area (Å²) in [7, 11) is -0.423. The van der Waals surface area contributed by atoms with Gasteiger partial charge in [0.2, 0.25) is 0 Å². The summed E-state index contributed by atoms with van der Waals surface area (Å²) in [5.74, 6) is 0. The van der Waals surface area contributed by atoms with Crippen molar-refractivity contribution in [1.82, 2.24) is 0 Å². The Balaban J connectivity index is 2.39. The van der Waals surface area contributed by atoms with Gasteiger partial charge in [0, 0.05) is 10.6 Å². The molecule has 106 valence electrons. The second-order valence-corrected chi connectivity index (χ2v) is 6.38. The Morgan fingerprint density at radius 3 is 2.20 bits per heavy atom. The lowest BCUT2D eigenvalue weighted by molar-refractivity contribution is 0.00578. The number of aliphatic imine (C=N–C) groups is 1. The normalized spacial score (nSPS) is 19.9. The predicted octanol–water partition coefficient (Wildman–Crippen LogP) is 3.53. The standard InChI is InChI=1S/C15H19BClNO2/c1-10(17)12-9-11(7-8-13(12)18-6)16-19-14(2,3)15(4,5)20-16/h7-9H,1,6H2,2-5H3. The van der Waals surface area contributed by atoms with Crippen molar-refractivity contribution in [3.63, 3.8) is 0 Å². The Labute approximate surface area is 125 Å². The average molecular weight is 292 g/mol. The molecule has 20 heavy (non-hydrogen) atoms. The van der Waals surface area contributed by atoms with Gasteiger partial charge in [0.25, 0.3) is 0 Å². The van der Waals surface area contributed by atoms with Crippen LogP contribution in [0.4, 0.5) is 5.69 Å². The van der Waals surface area contributed by atoms with Gasteiger partial charge in [0.1, 0.15) is 0 Å². The number of rotatable bonds is 3. The van der Waals surface area contributed by atoms with Gasteiger partial charge in [-0.25, -0.2) is 0 Å². The first-order chi connectivity index (χ1) is 9.18. The molecule has 0 spiro atoms. The van der Waals surface area contributed by atoms with Crippen LogP contribution in [-0.2, 0) is 9.31 Å². The first-order valence-electron chi connectivity index (χ1n) is 6.49. The zero-order valence-corrected chi connectivity index (χ0v) is 13.1. The predicted molar refractivity (Wildman–Crippen MR) is 86.3 cm³/mol. The fourth-order valence-electron chi connectivity index (χ4n) is 2.03. The van der Waals surface area contributed by atoms with Gasteiger partial charge in [-0.3, -0.25) is 4.99 Å². The summed E-state index contributed by atoms with van der Waals surface area (Å²) < 4.78 is 12.0. The van der Waals surface area contributed by atoms with Crippen LogP contribution in [0.25, 0.3) is 5.03 Å². The van der Waals surface area contributed by atoms with Crippen molar-refractivity contribution in [2.24, 2.45) is 4.99 Å². The quantitative estimate of drug-likeness (QED) is 0.630. The molecule has 0 aromatic heterocycles. The van der Waals surface area contributed by atoms with Crippen LogP contribution in [0.15, 0.2) is 29.8 Å². The maximum Gasteiger partial charge on any atom is 0.494 e. The fraction of sp³-hybridized carbons (Fsp3) is 0.400. The van der Waals surface area contributed by atoms with Crippen molar-refractivity contribution in [3.8, 4) is 0 Å². The van der Waals surface area contributed by atoms with E-state index in [0.717, 1.165) is 11.0 Å². The lowest BCUT2D eigenvalue weighted by Crippen LogP contribution is -2.41. The first kappa shape index (κ1) is 15.3. The molecule has 0 aliphatic carbocycles. The van der Waals surface area contributed by atoms with E-state index in [-0.39, 0.29) is 11.2 Å². The third-order valence-corrected chi connectivity index (χ3v) is 4.21. The molecule has 2 rings (SSSR count). The molecule has 0 atom stereocenters. The molecule has 0 unspecified atom stereocenters. The summed E-state index contributed by atoms with van der Waals surface area (Å²) in [5.41, 5.74) is 1.60. The van der Waals surface area contributed by atoms with E-state index < -0.39 is 7.12 Å². The molecule has 1 saturated heterocycles. The lowest BCUT2D eigenvalue weighted by Gasteiger charge is -2.32. The van der Waals surface area contributed by atoms with Crippen LogP contribution in [0.5, 0.6) is 0 Å². The largest absolute Gasteiger partial charge is 0.494 e. The number of halogens is 1. The van der Waals surface area contributed by atoms with Gasteiger partial charge in [-0.15, -0.1) is 0 Å². The van der Waals surface area contributed by atoms with E-state index in [2.05, 4.69) is 18.3 Å². The van der Waals surface area contributed by atoms with Crippen molar-refractivity contribution >= 4 is 41.6 Å². The molecule has 0 amide bonds. The maximum atomic E-state index is 6.02. The Morgan fingerprint density at radius 1 is 1.20 bits per heavy atom. The van der Waals surface area contributed by atoms with Crippen LogP contribution in [-0.4, -0.2) is 25.0 Å². The van der Waals surface area contributed by atoms with Gasteiger partial charge < -0.3 is 9.31 Å². The highest BCUT2D eigenvalue weighted by Crippen LogP contribution is 2.37. The Bertz CT molecular complexity index is 553. The topological polar surface area (TPSA) is 30.8 Å². The highest BCUT2D eigenvalue weighted by atomic mass is 35.5. The fourth-order valence-corrected chi connectivity index (χ4v) is 2.19. The van der Waals surface area contributed by atoms with Gasteiger partial charge in [0.15, 0.2) is 0 Å². The number of benzene rings is 1. The zero-order chi connectivity index (χ0) is 15.1. The lowest BCUT2D eigenvalue weighted by atomic mass is 9.78. The van der Waals surface area contributed by atoms with Gasteiger partial charge in [-0.2, -0.15) is 0 Å². The molecule has 5 heteroatoms. The second kappa shape index (κ2) is 5.03.